The second-order valence-electron chi connectivity index (χ2n) is 10.8. The van der Waals surface area contributed by atoms with Crippen LogP contribution >= 0.6 is 0 Å². The first-order chi connectivity index (χ1) is 13.2. The van der Waals surface area contributed by atoms with Crippen molar-refractivity contribution in [3.8, 4) is 0 Å². The smallest absolute Gasteiger partial charge is 0.0639 e. The van der Waals surface area contributed by atoms with Crippen LogP contribution in [0.15, 0.2) is 11.1 Å². The van der Waals surface area contributed by atoms with Crippen LogP contribution in [0.3, 0.4) is 0 Å². The van der Waals surface area contributed by atoms with Gasteiger partial charge in [-0.3, -0.25) is 0 Å². The molecule has 4 aliphatic carbocycles. The maximum absolute atomic E-state index is 11.4. The first-order valence-corrected chi connectivity index (χ1v) is 11.5. The Morgan fingerprint density at radius 1 is 1.18 bits per heavy atom. The number of carboxylic acid groups (broad SMARTS) is 1. The number of carbonyl (C=O) groups excluding carboxylic acids is 1. The van der Waals surface area contributed by atoms with E-state index in [-0.39, 0.29) is 35.4 Å². The molecule has 0 amide bonds. The van der Waals surface area contributed by atoms with E-state index in [0.29, 0.717) is 24.2 Å². The molecule has 0 spiro atoms. The monoisotopic (exact) mass is 389 g/mol. The number of hydrogen-bond donors (Lipinski definition) is 2. The van der Waals surface area contributed by atoms with Crippen LogP contribution in [-0.4, -0.2) is 28.4 Å². The summed E-state index contributed by atoms with van der Waals surface area (Å²) in [4.78, 5) is 10.9. The molecule has 0 heterocycles. The molecule has 3 fully saturated rings. The Bertz CT molecular complexity index is 670. The number of aliphatic hydroxyl groups is 2. The van der Waals surface area contributed by atoms with Gasteiger partial charge in [0.15, 0.2) is 0 Å². The van der Waals surface area contributed by atoms with Crippen molar-refractivity contribution in [1.29, 1.82) is 0 Å². The minimum absolute atomic E-state index is 0.112. The van der Waals surface area contributed by atoms with Crippen molar-refractivity contribution in [3.05, 3.63) is 11.1 Å². The van der Waals surface area contributed by atoms with Gasteiger partial charge in [-0.25, -0.2) is 0 Å². The molecule has 4 aliphatic rings. The number of aliphatic hydroxyl groups excluding tert-OH is 2. The van der Waals surface area contributed by atoms with Crippen molar-refractivity contribution < 1.29 is 20.1 Å². The quantitative estimate of drug-likeness (QED) is 0.724. The van der Waals surface area contributed by atoms with Crippen molar-refractivity contribution >= 4 is 5.97 Å². The number of carboxylic acids is 1. The van der Waals surface area contributed by atoms with E-state index in [4.69, 9.17) is 0 Å². The zero-order valence-electron chi connectivity index (χ0n) is 17.7. The molecule has 4 nitrogen and oxygen atoms in total. The molecule has 0 aromatic rings. The van der Waals surface area contributed by atoms with Crippen LogP contribution in [0.5, 0.6) is 0 Å². The molecular formula is C24H37O4-. The van der Waals surface area contributed by atoms with Crippen LogP contribution in [0.1, 0.15) is 85.0 Å². The molecule has 158 valence electrons. The largest absolute Gasteiger partial charge is 0.550 e. The zero-order chi connectivity index (χ0) is 20.3. The molecule has 0 aromatic heterocycles. The SMILES string of the molecule is C[C@@H](CCC(=O)[O-])[C@@H]1CCC2=C3CC[C@@H]4C[C@H](O)CC[C@]4(C)[C@H]3C[C@H](O)[C@@]21C. The van der Waals surface area contributed by atoms with Gasteiger partial charge in [0.05, 0.1) is 12.2 Å². The van der Waals surface area contributed by atoms with E-state index in [1.807, 2.05) is 0 Å². The Balaban J connectivity index is 1.64. The Labute approximate surface area is 169 Å². The lowest BCUT2D eigenvalue weighted by atomic mass is 9.48. The Kier molecular flexibility index (Phi) is 5.19. The number of fused-ring (bicyclic) bond motifs is 4. The minimum atomic E-state index is -0.969. The summed E-state index contributed by atoms with van der Waals surface area (Å²) >= 11 is 0. The number of aliphatic carboxylic acids is 1. The average Bonchev–Trinajstić information content (AvgIpc) is 3.00. The summed E-state index contributed by atoms with van der Waals surface area (Å²) in [6.07, 6.45) is 8.37. The Hall–Kier alpha value is -0.870. The highest BCUT2D eigenvalue weighted by atomic mass is 16.4. The molecule has 0 bridgehead atoms. The van der Waals surface area contributed by atoms with E-state index in [2.05, 4.69) is 20.8 Å². The maximum atomic E-state index is 11.4. The average molecular weight is 390 g/mol. The highest BCUT2D eigenvalue weighted by Crippen LogP contribution is 2.65. The Morgan fingerprint density at radius 2 is 1.93 bits per heavy atom. The van der Waals surface area contributed by atoms with E-state index in [1.165, 1.54) is 12.0 Å². The van der Waals surface area contributed by atoms with E-state index >= 15 is 0 Å². The maximum Gasteiger partial charge on any atom is 0.0639 e. The van der Waals surface area contributed by atoms with Gasteiger partial charge >= 0.3 is 0 Å². The third-order valence-corrected chi connectivity index (χ3v) is 9.64. The normalized spacial score (nSPS) is 46.5. The van der Waals surface area contributed by atoms with Gasteiger partial charge in [-0.15, -0.1) is 0 Å². The molecule has 28 heavy (non-hydrogen) atoms. The Morgan fingerprint density at radius 3 is 2.64 bits per heavy atom. The molecule has 8 atom stereocenters. The molecule has 2 N–H and O–H groups in total. The molecule has 4 heteroatoms. The summed E-state index contributed by atoms with van der Waals surface area (Å²) in [5, 5.41) is 32.5. The van der Waals surface area contributed by atoms with Crippen molar-refractivity contribution in [3.63, 3.8) is 0 Å². The fraction of sp³-hybridized carbons (Fsp3) is 0.875. The highest BCUT2D eigenvalue weighted by Gasteiger charge is 2.58. The predicted octanol–water partition coefficient (Wildman–Crippen LogP) is 3.21. The predicted molar refractivity (Wildman–Crippen MR) is 106 cm³/mol. The lowest BCUT2D eigenvalue weighted by Gasteiger charge is -2.58. The van der Waals surface area contributed by atoms with Crippen LogP contribution in [0.25, 0.3) is 0 Å². The first-order valence-electron chi connectivity index (χ1n) is 11.5. The minimum Gasteiger partial charge on any atom is -0.550 e. The van der Waals surface area contributed by atoms with Gasteiger partial charge in [-0.1, -0.05) is 31.9 Å². The first kappa shape index (κ1) is 20.4. The topological polar surface area (TPSA) is 80.6 Å². The molecule has 0 unspecified atom stereocenters. The summed E-state index contributed by atoms with van der Waals surface area (Å²) in [6.45, 7) is 6.83. The van der Waals surface area contributed by atoms with Gasteiger partial charge in [0.1, 0.15) is 0 Å². The highest BCUT2D eigenvalue weighted by molar-refractivity contribution is 5.64. The fourth-order valence-corrected chi connectivity index (χ4v) is 7.92. The zero-order valence-corrected chi connectivity index (χ0v) is 17.7. The van der Waals surface area contributed by atoms with Crippen LogP contribution in [0, 0.1) is 34.5 Å². The third-order valence-electron chi connectivity index (χ3n) is 9.64. The van der Waals surface area contributed by atoms with E-state index < -0.39 is 5.97 Å². The summed E-state index contributed by atoms with van der Waals surface area (Å²) in [7, 11) is 0. The summed E-state index contributed by atoms with van der Waals surface area (Å²) in [5.74, 6) is 0.687. The van der Waals surface area contributed by atoms with Crippen LogP contribution in [0.2, 0.25) is 0 Å². The van der Waals surface area contributed by atoms with E-state index in [9.17, 15) is 20.1 Å². The summed E-state index contributed by atoms with van der Waals surface area (Å²) < 4.78 is 0. The van der Waals surface area contributed by atoms with E-state index in [1.54, 1.807) is 5.57 Å². The lowest BCUT2D eigenvalue weighted by Crippen LogP contribution is -2.52. The van der Waals surface area contributed by atoms with Gasteiger partial charge in [-0.2, -0.15) is 0 Å². The number of carbonyl (C=O) groups is 1. The standard InChI is InChI=1S/C24H38O4/c1-14(4-9-22(27)28)18-7-8-19-17-6-5-15-12-16(25)10-11-23(15,2)20(17)13-21(26)24(18,19)3/h14-16,18,20-21,25-26H,4-13H2,1-3H3,(H,27,28)/p-1/t14-,15+,16+,18-,20-,21-,23-,24+/m0/s1. The van der Waals surface area contributed by atoms with Gasteiger partial charge in [0.2, 0.25) is 0 Å². The summed E-state index contributed by atoms with van der Waals surface area (Å²) in [6, 6.07) is 0. The summed E-state index contributed by atoms with van der Waals surface area (Å²) in [5.41, 5.74) is 3.14. The van der Waals surface area contributed by atoms with Crippen molar-refractivity contribution in [2.75, 3.05) is 0 Å². The van der Waals surface area contributed by atoms with E-state index in [0.717, 1.165) is 44.9 Å². The number of hydrogen-bond acceptors (Lipinski definition) is 4. The van der Waals surface area contributed by atoms with Crippen molar-refractivity contribution in [2.45, 2.75) is 97.2 Å². The van der Waals surface area contributed by atoms with Gasteiger partial charge < -0.3 is 20.1 Å². The van der Waals surface area contributed by atoms with Gasteiger partial charge in [0.25, 0.3) is 0 Å². The van der Waals surface area contributed by atoms with Crippen LogP contribution < -0.4 is 5.11 Å². The molecule has 0 aliphatic heterocycles. The molecule has 4 rings (SSSR count). The van der Waals surface area contributed by atoms with Crippen LogP contribution in [0.4, 0.5) is 0 Å². The number of rotatable bonds is 4. The third kappa shape index (κ3) is 2.98. The fourth-order valence-electron chi connectivity index (χ4n) is 7.92. The second-order valence-corrected chi connectivity index (χ2v) is 10.8. The molecule has 3 saturated carbocycles. The number of allylic oxidation sites excluding steroid dienone is 1. The molecular weight excluding hydrogens is 352 g/mol. The van der Waals surface area contributed by atoms with Crippen molar-refractivity contribution in [2.24, 2.45) is 34.5 Å². The van der Waals surface area contributed by atoms with Gasteiger partial charge in [0, 0.05) is 11.4 Å². The molecule has 0 radical (unpaired) electrons. The van der Waals surface area contributed by atoms with Crippen molar-refractivity contribution in [1.82, 2.24) is 0 Å². The molecule has 0 saturated heterocycles. The van der Waals surface area contributed by atoms with Gasteiger partial charge in [-0.05, 0) is 93.3 Å². The second kappa shape index (κ2) is 7.12. The van der Waals surface area contributed by atoms with Crippen LogP contribution in [-0.2, 0) is 4.79 Å². The lowest BCUT2D eigenvalue weighted by molar-refractivity contribution is -0.306. The molecule has 0 aromatic carbocycles.